The molecule has 1 aliphatic heterocycles. The van der Waals surface area contributed by atoms with Gasteiger partial charge in [0.25, 0.3) is 5.91 Å². The van der Waals surface area contributed by atoms with Gasteiger partial charge in [0, 0.05) is 30.1 Å². The third-order valence-corrected chi connectivity index (χ3v) is 4.62. The van der Waals surface area contributed by atoms with Crippen LogP contribution in [0.25, 0.3) is 0 Å². The van der Waals surface area contributed by atoms with Crippen molar-refractivity contribution in [2.24, 2.45) is 11.7 Å². The Labute approximate surface area is 117 Å². The first-order valence-electron chi connectivity index (χ1n) is 6.63. The van der Waals surface area contributed by atoms with Crippen LogP contribution in [-0.2, 0) is 0 Å². The molecule has 4 nitrogen and oxygen atoms in total. The summed E-state index contributed by atoms with van der Waals surface area (Å²) in [6.45, 7) is 5.03. The lowest BCUT2D eigenvalue weighted by atomic mass is 9.92. The summed E-state index contributed by atoms with van der Waals surface area (Å²) < 4.78 is 0. The normalized spacial score (nSPS) is 21.2. The molecule has 1 amide bonds. The van der Waals surface area contributed by atoms with Crippen LogP contribution >= 0.6 is 11.3 Å². The molecule has 0 saturated carbocycles. The summed E-state index contributed by atoms with van der Waals surface area (Å²) in [5, 5.41) is 1.75. The Morgan fingerprint density at radius 3 is 2.84 bits per heavy atom. The number of carbonyl (C=O) groups excluding carboxylic acids is 2. The van der Waals surface area contributed by atoms with Crippen LogP contribution in [0.15, 0.2) is 11.4 Å². The molecule has 104 valence electrons. The molecule has 2 heterocycles. The van der Waals surface area contributed by atoms with Gasteiger partial charge in [-0.2, -0.15) is 0 Å². The van der Waals surface area contributed by atoms with Gasteiger partial charge in [0.05, 0.1) is 4.88 Å². The molecule has 0 aliphatic carbocycles. The quantitative estimate of drug-likeness (QED) is 0.863. The largest absolute Gasteiger partial charge is 0.338 e. The lowest BCUT2D eigenvalue weighted by Gasteiger charge is -2.34. The highest BCUT2D eigenvalue weighted by Crippen LogP contribution is 2.23. The van der Waals surface area contributed by atoms with Gasteiger partial charge in [-0.25, -0.2) is 0 Å². The molecule has 0 aromatic carbocycles. The van der Waals surface area contributed by atoms with Crippen molar-refractivity contribution in [2.45, 2.75) is 32.7 Å². The number of amides is 1. The molecule has 1 aromatic rings. The predicted octanol–water partition coefficient (Wildman–Crippen LogP) is 2.15. The van der Waals surface area contributed by atoms with Crippen molar-refractivity contribution < 1.29 is 9.59 Å². The molecule has 19 heavy (non-hydrogen) atoms. The maximum absolute atomic E-state index is 12.4. The zero-order valence-corrected chi connectivity index (χ0v) is 12.2. The number of hydrogen-bond donors (Lipinski definition) is 1. The van der Waals surface area contributed by atoms with Crippen molar-refractivity contribution in [1.29, 1.82) is 0 Å². The third kappa shape index (κ3) is 3.22. The predicted molar refractivity (Wildman–Crippen MR) is 76.6 cm³/mol. The van der Waals surface area contributed by atoms with Crippen LogP contribution < -0.4 is 5.73 Å². The van der Waals surface area contributed by atoms with Gasteiger partial charge >= 0.3 is 0 Å². The van der Waals surface area contributed by atoms with Crippen molar-refractivity contribution in [3.63, 3.8) is 0 Å². The Kier molecular flexibility index (Phi) is 4.37. The Bertz CT molecular complexity index is 482. The van der Waals surface area contributed by atoms with E-state index in [0.29, 0.717) is 16.4 Å². The molecule has 0 radical (unpaired) electrons. The van der Waals surface area contributed by atoms with Crippen LogP contribution in [0.5, 0.6) is 0 Å². The fourth-order valence-electron chi connectivity index (χ4n) is 2.41. The summed E-state index contributed by atoms with van der Waals surface area (Å²) in [4.78, 5) is 26.2. The maximum Gasteiger partial charge on any atom is 0.263 e. The van der Waals surface area contributed by atoms with Crippen LogP contribution in [0, 0.1) is 5.92 Å². The Balaban J connectivity index is 2.08. The van der Waals surface area contributed by atoms with E-state index in [1.54, 1.807) is 11.4 Å². The molecule has 2 unspecified atom stereocenters. The van der Waals surface area contributed by atoms with E-state index < -0.39 is 0 Å². The molecule has 1 aliphatic rings. The molecular weight excluding hydrogens is 260 g/mol. The second-order valence-electron chi connectivity index (χ2n) is 5.27. The monoisotopic (exact) mass is 280 g/mol. The molecule has 2 rings (SSSR count). The van der Waals surface area contributed by atoms with Crippen molar-refractivity contribution in [3.05, 3.63) is 21.9 Å². The average molecular weight is 280 g/mol. The highest BCUT2D eigenvalue weighted by Gasteiger charge is 2.27. The Hall–Kier alpha value is -1.20. The molecule has 0 spiro atoms. The van der Waals surface area contributed by atoms with Crippen LogP contribution in [-0.4, -0.2) is 35.7 Å². The minimum atomic E-state index is 0.00222. The Morgan fingerprint density at radius 2 is 2.26 bits per heavy atom. The maximum atomic E-state index is 12.4. The van der Waals surface area contributed by atoms with Crippen molar-refractivity contribution in [3.8, 4) is 0 Å². The summed E-state index contributed by atoms with van der Waals surface area (Å²) in [6.07, 6.45) is 2.09. The van der Waals surface area contributed by atoms with Gasteiger partial charge in [0.15, 0.2) is 5.78 Å². The summed E-state index contributed by atoms with van der Waals surface area (Å²) in [7, 11) is 0. The minimum absolute atomic E-state index is 0.00222. The summed E-state index contributed by atoms with van der Waals surface area (Å²) in [5.74, 6) is 0.412. The van der Waals surface area contributed by atoms with E-state index in [1.807, 2.05) is 11.8 Å². The summed E-state index contributed by atoms with van der Waals surface area (Å²) in [5.41, 5.74) is 6.55. The van der Waals surface area contributed by atoms with E-state index >= 15 is 0 Å². The number of rotatable bonds is 3. The van der Waals surface area contributed by atoms with E-state index in [9.17, 15) is 9.59 Å². The molecule has 1 saturated heterocycles. The van der Waals surface area contributed by atoms with Crippen LogP contribution in [0.4, 0.5) is 0 Å². The number of Topliss-reactive ketones (excluding diaryl/α,β-unsaturated/α-hetero) is 1. The standard InChI is InChI=1S/C14H20N2O2S/c1-9(15)11-4-3-5-16(7-11)14(18)13-6-12(8-19-13)10(2)17/h6,8-9,11H,3-5,7,15H2,1-2H3. The average Bonchev–Trinajstić information content (AvgIpc) is 2.87. The number of thiophene rings is 1. The molecule has 2 N–H and O–H groups in total. The van der Waals surface area contributed by atoms with Gasteiger partial charge in [-0.1, -0.05) is 0 Å². The number of ketones is 1. The van der Waals surface area contributed by atoms with Crippen molar-refractivity contribution in [1.82, 2.24) is 4.90 Å². The van der Waals surface area contributed by atoms with Gasteiger partial charge < -0.3 is 10.6 Å². The first kappa shape index (κ1) is 14.2. The van der Waals surface area contributed by atoms with Crippen molar-refractivity contribution >= 4 is 23.0 Å². The SMILES string of the molecule is CC(=O)c1csc(C(=O)N2CCCC(C(C)N)C2)c1. The van der Waals surface area contributed by atoms with Gasteiger partial charge in [-0.3, -0.25) is 9.59 Å². The number of nitrogens with two attached hydrogens (primary N) is 1. The summed E-state index contributed by atoms with van der Waals surface area (Å²) in [6, 6.07) is 1.82. The first-order valence-corrected chi connectivity index (χ1v) is 7.51. The molecule has 1 fully saturated rings. The highest BCUT2D eigenvalue weighted by atomic mass is 32.1. The number of hydrogen-bond acceptors (Lipinski definition) is 4. The lowest BCUT2D eigenvalue weighted by Crippen LogP contribution is -2.44. The number of likely N-dealkylation sites (tertiary alicyclic amines) is 1. The van der Waals surface area contributed by atoms with Gasteiger partial charge in [-0.05, 0) is 38.7 Å². The minimum Gasteiger partial charge on any atom is -0.338 e. The van der Waals surface area contributed by atoms with E-state index in [4.69, 9.17) is 5.73 Å². The fourth-order valence-corrected chi connectivity index (χ4v) is 3.33. The first-order chi connectivity index (χ1) is 8.99. The van der Waals surface area contributed by atoms with Crippen LogP contribution in [0.3, 0.4) is 0 Å². The Morgan fingerprint density at radius 1 is 1.53 bits per heavy atom. The molecule has 0 bridgehead atoms. The van der Waals surface area contributed by atoms with E-state index in [1.165, 1.54) is 18.3 Å². The number of nitrogens with zero attached hydrogens (tertiary/aromatic N) is 1. The van der Waals surface area contributed by atoms with Crippen LogP contribution in [0.2, 0.25) is 0 Å². The van der Waals surface area contributed by atoms with Gasteiger partial charge in [-0.15, -0.1) is 11.3 Å². The molecule has 5 heteroatoms. The fraction of sp³-hybridized carbons (Fsp3) is 0.571. The van der Waals surface area contributed by atoms with E-state index in [2.05, 4.69) is 0 Å². The second-order valence-corrected chi connectivity index (χ2v) is 6.18. The number of piperidine rings is 1. The zero-order chi connectivity index (χ0) is 14.0. The smallest absolute Gasteiger partial charge is 0.263 e. The molecular formula is C14H20N2O2S. The lowest BCUT2D eigenvalue weighted by molar-refractivity contribution is 0.0666. The second kappa shape index (κ2) is 5.84. The molecule has 2 atom stereocenters. The van der Waals surface area contributed by atoms with Crippen LogP contribution in [0.1, 0.15) is 46.7 Å². The topological polar surface area (TPSA) is 63.4 Å². The number of carbonyl (C=O) groups is 2. The summed E-state index contributed by atoms with van der Waals surface area (Å²) >= 11 is 1.35. The van der Waals surface area contributed by atoms with Gasteiger partial charge in [0.1, 0.15) is 0 Å². The van der Waals surface area contributed by atoms with E-state index in [0.717, 1.165) is 25.9 Å². The zero-order valence-electron chi connectivity index (χ0n) is 11.4. The third-order valence-electron chi connectivity index (χ3n) is 3.71. The van der Waals surface area contributed by atoms with Crippen molar-refractivity contribution in [2.75, 3.05) is 13.1 Å². The van der Waals surface area contributed by atoms with Gasteiger partial charge in [0.2, 0.25) is 0 Å². The highest BCUT2D eigenvalue weighted by molar-refractivity contribution is 7.12. The molecule has 1 aromatic heterocycles. The van der Waals surface area contributed by atoms with E-state index in [-0.39, 0.29) is 17.7 Å².